The van der Waals surface area contributed by atoms with Crippen LogP contribution in [0.15, 0.2) is 22.7 Å². The number of rotatable bonds is 7. The third-order valence-electron chi connectivity index (χ3n) is 3.56. The molecular formula is C16H30NO3P. The molecule has 0 atom stereocenters. The molecule has 21 heavy (non-hydrogen) atoms. The van der Waals surface area contributed by atoms with Gasteiger partial charge in [0.2, 0.25) is 0 Å². The molecule has 122 valence electrons. The van der Waals surface area contributed by atoms with Crippen LogP contribution in [0.5, 0.6) is 0 Å². The van der Waals surface area contributed by atoms with Crippen LogP contribution in [0.3, 0.4) is 0 Å². The van der Waals surface area contributed by atoms with E-state index in [1.54, 1.807) is 0 Å². The molecule has 1 fully saturated rings. The Labute approximate surface area is 129 Å². The van der Waals surface area contributed by atoms with E-state index in [9.17, 15) is 4.57 Å². The lowest BCUT2D eigenvalue weighted by Gasteiger charge is -2.35. The number of hydrogen-bond acceptors (Lipinski definition) is 4. The second kappa shape index (κ2) is 8.77. The molecule has 0 unspecified atom stereocenters. The first-order valence-corrected chi connectivity index (χ1v) is 9.53. The zero-order valence-electron chi connectivity index (χ0n) is 14.1. The lowest BCUT2D eigenvalue weighted by molar-refractivity contribution is 0.223. The summed E-state index contributed by atoms with van der Waals surface area (Å²) >= 11 is 0. The van der Waals surface area contributed by atoms with Crippen LogP contribution in [0.1, 0.15) is 53.9 Å². The number of hydrogen-bond donors (Lipinski definition) is 0. The van der Waals surface area contributed by atoms with Crippen molar-refractivity contribution < 1.29 is 13.6 Å². The largest absolute Gasteiger partial charge is 0.371 e. The molecule has 0 bridgehead atoms. The Kier molecular flexibility index (Phi) is 7.72. The van der Waals surface area contributed by atoms with Crippen LogP contribution in [0.4, 0.5) is 0 Å². The first-order valence-electron chi connectivity index (χ1n) is 7.98. The normalized spacial score (nSPS) is 17.0. The van der Waals surface area contributed by atoms with Crippen molar-refractivity contribution in [2.45, 2.75) is 53.9 Å². The summed E-state index contributed by atoms with van der Waals surface area (Å²) in [6.07, 6.45) is 5.53. The Bertz CT molecular complexity index is 423. The van der Waals surface area contributed by atoms with E-state index >= 15 is 0 Å². The molecule has 1 heterocycles. The van der Waals surface area contributed by atoms with Gasteiger partial charge in [0.25, 0.3) is 0 Å². The molecule has 5 heteroatoms. The summed E-state index contributed by atoms with van der Waals surface area (Å²) < 4.78 is 24.3. The average Bonchev–Trinajstić information content (AvgIpc) is 2.45. The van der Waals surface area contributed by atoms with Gasteiger partial charge in [0.15, 0.2) is 0 Å². The molecule has 0 aliphatic carbocycles. The highest BCUT2D eigenvalue weighted by molar-refractivity contribution is 7.58. The molecule has 0 radical (unpaired) electrons. The topological polar surface area (TPSA) is 38.8 Å². The molecule has 1 saturated heterocycles. The lowest BCUT2D eigenvalue weighted by atomic mass is 10.1. The first kappa shape index (κ1) is 18.5. The standard InChI is InChI=1S/C16H30NO3P/c1-6-15(21(18,19-7-2)20-8-3)16(14(4)5)17-12-10-9-11-13-17/h6H,7-13H2,1-5H3. The van der Waals surface area contributed by atoms with Gasteiger partial charge < -0.3 is 13.9 Å². The van der Waals surface area contributed by atoms with E-state index in [1.807, 2.05) is 26.8 Å². The Morgan fingerprint density at radius 3 is 2.00 bits per heavy atom. The smallest absolute Gasteiger partial charge is 0.363 e. The van der Waals surface area contributed by atoms with Crippen LogP contribution in [0, 0.1) is 0 Å². The minimum atomic E-state index is -3.24. The summed E-state index contributed by atoms with van der Waals surface area (Å²) in [5.74, 6) is 0. The minimum Gasteiger partial charge on any atom is -0.371 e. The molecule has 1 rings (SSSR count). The average molecular weight is 315 g/mol. The van der Waals surface area contributed by atoms with Gasteiger partial charge in [-0.1, -0.05) is 11.6 Å². The van der Waals surface area contributed by atoms with E-state index in [1.165, 1.54) is 19.3 Å². The second-order valence-corrected chi connectivity index (χ2v) is 7.40. The summed E-state index contributed by atoms with van der Waals surface area (Å²) in [4.78, 5) is 2.33. The Balaban J connectivity index is 3.19. The summed E-state index contributed by atoms with van der Waals surface area (Å²) in [7, 11) is -3.24. The maximum absolute atomic E-state index is 13.2. The molecule has 1 aliphatic rings. The molecule has 1 aliphatic heterocycles. The van der Waals surface area contributed by atoms with Gasteiger partial charge >= 0.3 is 7.60 Å². The van der Waals surface area contributed by atoms with Crippen molar-refractivity contribution in [1.29, 1.82) is 0 Å². The highest BCUT2D eigenvalue weighted by Crippen LogP contribution is 2.59. The summed E-state index contributed by atoms with van der Waals surface area (Å²) in [6, 6.07) is 0. The van der Waals surface area contributed by atoms with Gasteiger partial charge in [0.05, 0.1) is 24.2 Å². The van der Waals surface area contributed by atoms with Gasteiger partial charge in [-0.05, 0) is 53.9 Å². The van der Waals surface area contributed by atoms with Crippen LogP contribution < -0.4 is 0 Å². The summed E-state index contributed by atoms with van der Waals surface area (Å²) in [6.45, 7) is 12.5. The summed E-state index contributed by atoms with van der Waals surface area (Å²) in [5, 5.41) is 0.716. The fourth-order valence-corrected chi connectivity index (χ4v) is 4.77. The van der Waals surface area contributed by atoms with Crippen molar-refractivity contribution in [3.05, 3.63) is 22.7 Å². The van der Waals surface area contributed by atoms with Gasteiger partial charge in [-0.2, -0.15) is 0 Å². The molecule has 0 spiro atoms. The quantitative estimate of drug-likeness (QED) is 0.493. The van der Waals surface area contributed by atoms with E-state index in [0.29, 0.717) is 18.5 Å². The Morgan fingerprint density at radius 2 is 1.62 bits per heavy atom. The maximum Gasteiger partial charge on any atom is 0.363 e. The third kappa shape index (κ3) is 4.70. The number of likely N-dealkylation sites (tertiary alicyclic amines) is 1. The number of nitrogens with zero attached hydrogens (tertiary/aromatic N) is 1. The molecule has 0 amide bonds. The molecule has 0 aromatic rings. The van der Waals surface area contributed by atoms with E-state index in [4.69, 9.17) is 9.05 Å². The third-order valence-corrected chi connectivity index (χ3v) is 5.81. The maximum atomic E-state index is 13.2. The van der Waals surface area contributed by atoms with Crippen LogP contribution in [-0.4, -0.2) is 31.2 Å². The van der Waals surface area contributed by atoms with Crippen molar-refractivity contribution in [1.82, 2.24) is 4.90 Å². The van der Waals surface area contributed by atoms with E-state index in [0.717, 1.165) is 24.4 Å². The Hall–Kier alpha value is -0.570. The van der Waals surface area contributed by atoms with E-state index < -0.39 is 7.60 Å². The zero-order valence-corrected chi connectivity index (χ0v) is 15.0. The Morgan fingerprint density at radius 1 is 1.10 bits per heavy atom. The van der Waals surface area contributed by atoms with E-state index in [2.05, 4.69) is 18.7 Å². The van der Waals surface area contributed by atoms with Crippen molar-refractivity contribution in [3.8, 4) is 0 Å². The highest BCUT2D eigenvalue weighted by atomic mass is 31.2. The van der Waals surface area contributed by atoms with Gasteiger partial charge in [-0.25, -0.2) is 0 Å². The molecule has 4 nitrogen and oxygen atoms in total. The first-order chi connectivity index (χ1) is 10.00. The van der Waals surface area contributed by atoms with E-state index in [-0.39, 0.29) is 0 Å². The predicted molar refractivity (Wildman–Crippen MR) is 88.4 cm³/mol. The van der Waals surface area contributed by atoms with Crippen molar-refractivity contribution >= 4 is 7.60 Å². The highest BCUT2D eigenvalue weighted by Gasteiger charge is 2.34. The fourth-order valence-electron chi connectivity index (χ4n) is 2.79. The van der Waals surface area contributed by atoms with Gasteiger partial charge in [-0.3, -0.25) is 4.57 Å². The second-order valence-electron chi connectivity index (χ2n) is 5.40. The molecule has 0 aromatic carbocycles. The zero-order chi connectivity index (χ0) is 15.9. The van der Waals surface area contributed by atoms with Gasteiger partial charge in [-0.15, -0.1) is 0 Å². The van der Waals surface area contributed by atoms with Crippen molar-refractivity contribution in [2.75, 3.05) is 26.3 Å². The van der Waals surface area contributed by atoms with Crippen LogP contribution in [0.2, 0.25) is 0 Å². The van der Waals surface area contributed by atoms with Crippen molar-refractivity contribution in [2.24, 2.45) is 0 Å². The van der Waals surface area contributed by atoms with Crippen molar-refractivity contribution in [3.63, 3.8) is 0 Å². The summed E-state index contributed by atoms with van der Waals surface area (Å²) in [5.41, 5.74) is 2.20. The monoisotopic (exact) mass is 315 g/mol. The van der Waals surface area contributed by atoms with Gasteiger partial charge in [0.1, 0.15) is 0 Å². The predicted octanol–water partition coefficient (Wildman–Crippen LogP) is 4.94. The lowest BCUT2D eigenvalue weighted by Crippen LogP contribution is -2.31. The number of allylic oxidation sites excluding steroid dienone is 3. The number of piperidine rings is 1. The van der Waals surface area contributed by atoms with Crippen LogP contribution >= 0.6 is 7.60 Å². The van der Waals surface area contributed by atoms with Gasteiger partial charge in [0, 0.05) is 13.1 Å². The molecular weight excluding hydrogens is 285 g/mol. The van der Waals surface area contributed by atoms with Crippen LogP contribution in [-0.2, 0) is 13.6 Å². The molecule has 0 N–H and O–H groups in total. The van der Waals surface area contributed by atoms with Crippen LogP contribution in [0.25, 0.3) is 0 Å². The molecule has 0 saturated carbocycles. The molecule has 0 aromatic heterocycles. The fraction of sp³-hybridized carbons (Fsp3) is 0.750. The SMILES string of the molecule is CC=C(C(=C(C)C)N1CCCCC1)P(=O)(OCC)OCC. The minimum absolute atomic E-state index is 0.380.